The van der Waals surface area contributed by atoms with Crippen molar-refractivity contribution in [2.75, 3.05) is 0 Å². The van der Waals surface area contributed by atoms with E-state index in [9.17, 15) is 0 Å². The third-order valence-electron chi connectivity index (χ3n) is 12.3. The second-order valence-corrected chi connectivity index (χ2v) is 28.2. The third-order valence-corrected chi connectivity index (χ3v) is 12.3. The Balaban J connectivity index is 0.000000303. The summed E-state index contributed by atoms with van der Waals surface area (Å²) >= 11 is -0.826. The Labute approximate surface area is 414 Å². The summed E-state index contributed by atoms with van der Waals surface area (Å²) in [5.74, 6) is 2.09. The standard InChI is InChI=1S/2C29H39.C2H6Si.2ClH.Zr/c2*1-18(2)21-13-22(19(3)4)15-23(14-21)27-25-17-24(28(5,6)7)16-20(25)11-12-26(27)29(8,9)10;1-3-2;;;/h2*11-19H,1-10H3;1-2H3;2*1H;/q2*-1;;;;+4/p-2. The zero-order valence-corrected chi connectivity index (χ0v) is 49.1. The molecule has 0 bridgehead atoms. The van der Waals surface area contributed by atoms with Gasteiger partial charge in [0.1, 0.15) is 0 Å². The first-order valence-corrected chi connectivity index (χ1v) is 32.1. The molecule has 0 aliphatic heterocycles. The fourth-order valence-corrected chi connectivity index (χ4v) is 8.28. The molecule has 6 aromatic carbocycles. The van der Waals surface area contributed by atoms with Gasteiger partial charge in [-0.3, -0.25) is 0 Å². The molecule has 0 aromatic heterocycles. The average Bonchev–Trinajstić information content (AvgIpc) is 3.83. The van der Waals surface area contributed by atoms with Crippen LogP contribution in [0, 0.1) is 0 Å². The van der Waals surface area contributed by atoms with E-state index in [-0.39, 0.29) is 21.7 Å². The molecule has 346 valence electrons. The summed E-state index contributed by atoms with van der Waals surface area (Å²) in [4.78, 5) is 0. The Hall–Kier alpha value is -2.22. The van der Waals surface area contributed by atoms with E-state index in [1.807, 2.05) is 0 Å². The van der Waals surface area contributed by atoms with Crippen LogP contribution in [0.4, 0.5) is 0 Å². The zero-order chi connectivity index (χ0) is 48.9. The molecule has 0 fully saturated rings. The molecule has 4 heteroatoms. The minimum absolute atomic E-state index is 0.0918. The van der Waals surface area contributed by atoms with Crippen LogP contribution in [0.1, 0.15) is 207 Å². The van der Waals surface area contributed by atoms with Crippen LogP contribution in [0.15, 0.2) is 84.9 Å². The third kappa shape index (κ3) is 14.4. The normalized spacial score (nSPS) is 12.3. The molecule has 0 amide bonds. The average molecular weight is 996 g/mol. The van der Waals surface area contributed by atoms with Crippen molar-refractivity contribution in [1.82, 2.24) is 0 Å². The number of fused-ring (bicyclic) bond motifs is 2. The van der Waals surface area contributed by atoms with Gasteiger partial charge >= 0.3 is 37.9 Å². The number of rotatable bonds is 6. The summed E-state index contributed by atoms with van der Waals surface area (Å²) in [6.45, 7) is 50.6. The molecular formula is C60H84Cl2SiZr. The van der Waals surface area contributed by atoms with Gasteiger partial charge in [0.05, 0.1) is 0 Å². The van der Waals surface area contributed by atoms with E-state index in [0.29, 0.717) is 23.7 Å². The van der Waals surface area contributed by atoms with Crippen molar-refractivity contribution >= 4 is 48.1 Å². The van der Waals surface area contributed by atoms with Crippen molar-refractivity contribution < 1.29 is 20.8 Å². The number of hydrogen-bond donors (Lipinski definition) is 0. The Morgan fingerprint density at radius 2 is 0.672 bits per heavy atom. The summed E-state index contributed by atoms with van der Waals surface area (Å²) in [7, 11) is 11.0. The molecular weight excluding hydrogens is 911 g/mol. The van der Waals surface area contributed by atoms with E-state index in [4.69, 9.17) is 17.0 Å². The summed E-state index contributed by atoms with van der Waals surface area (Å²) in [5.41, 5.74) is 17.6. The topological polar surface area (TPSA) is 0 Å². The van der Waals surface area contributed by atoms with E-state index in [0.717, 1.165) is 9.52 Å². The van der Waals surface area contributed by atoms with Crippen molar-refractivity contribution in [3.63, 3.8) is 0 Å². The summed E-state index contributed by atoms with van der Waals surface area (Å²) in [5, 5.41) is 5.52. The molecule has 64 heavy (non-hydrogen) atoms. The van der Waals surface area contributed by atoms with Crippen molar-refractivity contribution in [3.8, 4) is 22.3 Å². The molecule has 0 spiro atoms. The van der Waals surface area contributed by atoms with Crippen LogP contribution in [0.25, 0.3) is 43.8 Å². The maximum absolute atomic E-state index is 4.93. The second kappa shape index (κ2) is 22.7. The molecule has 0 atom stereocenters. The Morgan fingerprint density at radius 1 is 0.422 bits per heavy atom. The van der Waals surface area contributed by atoms with Gasteiger partial charge in [-0.1, -0.05) is 210 Å². The summed E-state index contributed by atoms with van der Waals surface area (Å²) in [6.07, 6.45) is 0. The van der Waals surface area contributed by atoms with Crippen molar-refractivity contribution in [3.05, 3.63) is 129 Å². The van der Waals surface area contributed by atoms with Crippen LogP contribution in [0.3, 0.4) is 0 Å². The fraction of sp³-hybridized carbons (Fsp3) is 0.500. The van der Waals surface area contributed by atoms with Gasteiger partial charge in [-0.05, 0) is 78.7 Å². The molecule has 0 nitrogen and oxygen atoms in total. The Morgan fingerprint density at radius 3 is 0.875 bits per heavy atom. The van der Waals surface area contributed by atoms with E-state index in [1.165, 1.54) is 88.3 Å². The summed E-state index contributed by atoms with van der Waals surface area (Å²) in [6, 6.07) is 33.6. The molecule has 0 aliphatic carbocycles. The quantitative estimate of drug-likeness (QED) is 0.115. The number of benzene rings is 4. The van der Waals surface area contributed by atoms with Gasteiger partial charge in [0.25, 0.3) is 0 Å². The van der Waals surface area contributed by atoms with Crippen LogP contribution in [-0.2, 0) is 42.5 Å². The van der Waals surface area contributed by atoms with Crippen molar-refractivity contribution in [1.29, 1.82) is 0 Å². The van der Waals surface area contributed by atoms with Crippen LogP contribution in [0.5, 0.6) is 0 Å². The van der Waals surface area contributed by atoms with Gasteiger partial charge < -0.3 is 0 Å². The number of halogens is 2. The van der Waals surface area contributed by atoms with E-state index in [1.54, 1.807) is 0 Å². The van der Waals surface area contributed by atoms with E-state index >= 15 is 0 Å². The van der Waals surface area contributed by atoms with Crippen LogP contribution in [0.2, 0.25) is 13.1 Å². The fourth-order valence-electron chi connectivity index (χ4n) is 8.28. The first kappa shape index (κ1) is 56.1. The molecule has 0 aliphatic rings. The molecule has 6 aromatic rings. The van der Waals surface area contributed by atoms with Gasteiger partial charge in [-0.2, -0.15) is 12.1 Å². The molecule has 2 radical (unpaired) electrons. The zero-order valence-electron chi connectivity index (χ0n) is 44.1. The van der Waals surface area contributed by atoms with Gasteiger partial charge in [0, 0.05) is 9.52 Å². The molecule has 0 N–H and O–H groups in total. The van der Waals surface area contributed by atoms with E-state index < -0.39 is 20.8 Å². The summed E-state index contributed by atoms with van der Waals surface area (Å²) < 4.78 is 0. The predicted molar refractivity (Wildman–Crippen MR) is 290 cm³/mol. The SMILES string of the molecule is CC(C)c1cc(-c2c(C(C)(C)C)ccc3[cH-]c(C(C)(C)C)cc23)cc(C(C)C)c1.CC(C)c1cc(-c2c(C(C)(C)C)ccc3[cH-]c(C(C)(C)C)cc23)cc(C(C)C)c1.C[Si]C.[Cl][Zr+2][Cl]. The van der Waals surface area contributed by atoms with Crippen molar-refractivity contribution in [2.45, 2.75) is 197 Å². The van der Waals surface area contributed by atoms with Gasteiger partial charge in [0.15, 0.2) is 0 Å². The minimum atomic E-state index is -0.826. The van der Waals surface area contributed by atoms with Crippen LogP contribution in [-0.4, -0.2) is 9.52 Å². The first-order valence-electron chi connectivity index (χ1n) is 23.7. The van der Waals surface area contributed by atoms with Gasteiger partial charge in [0.2, 0.25) is 0 Å². The second-order valence-electron chi connectivity index (χ2n) is 23.4. The van der Waals surface area contributed by atoms with E-state index in [2.05, 4.69) is 236 Å². The number of hydrogen-bond acceptors (Lipinski definition) is 0. The maximum atomic E-state index is 4.93. The Kier molecular flexibility index (Phi) is 19.9. The Bertz CT molecular complexity index is 2200. The van der Waals surface area contributed by atoms with Gasteiger partial charge in [-0.25, -0.2) is 0 Å². The first-order chi connectivity index (χ1) is 29.4. The molecule has 0 saturated heterocycles. The predicted octanol–water partition coefficient (Wildman–Crippen LogP) is 20.3. The molecule has 0 unspecified atom stereocenters. The van der Waals surface area contributed by atoms with Crippen molar-refractivity contribution in [2.24, 2.45) is 0 Å². The molecule has 0 saturated carbocycles. The monoisotopic (exact) mass is 992 g/mol. The van der Waals surface area contributed by atoms with Crippen LogP contribution < -0.4 is 0 Å². The molecule has 6 rings (SSSR count). The van der Waals surface area contributed by atoms with Crippen LogP contribution >= 0.6 is 17.0 Å². The molecule has 0 heterocycles. The van der Waals surface area contributed by atoms with Gasteiger partial charge in [-0.15, -0.1) is 69.1 Å².